The molecule has 0 aromatic heterocycles. The number of hydrogen-bond donors (Lipinski definition) is 6. The first-order valence-corrected chi connectivity index (χ1v) is 25.8. The van der Waals surface area contributed by atoms with Gasteiger partial charge in [-0.05, 0) is 38.7 Å². The maximum atomic E-state index is 14.9. The van der Waals surface area contributed by atoms with Gasteiger partial charge in [0.25, 0.3) is 11.7 Å². The minimum atomic E-state index is -3.20. The number of benzene rings is 2. The Kier molecular flexibility index (Phi) is 15.0. The van der Waals surface area contributed by atoms with Crippen molar-refractivity contribution >= 4 is 44.1 Å². The number of alkyl carbamates (subject to hydrolysis) is 1. The number of allylic oxidation sites excluding steroid dienone is 2. The summed E-state index contributed by atoms with van der Waals surface area (Å²) < 4.78 is 48.6. The second-order valence-electron chi connectivity index (χ2n) is 20.3. The van der Waals surface area contributed by atoms with Gasteiger partial charge in [0.05, 0.1) is 52.4 Å². The number of likely N-dealkylation sites (tertiary alicyclic amines) is 1. The molecule has 2 saturated heterocycles. The molecule has 0 aliphatic carbocycles. The first-order valence-electron chi connectivity index (χ1n) is 24.0. The van der Waals surface area contributed by atoms with Gasteiger partial charge in [0.1, 0.15) is 38.5 Å². The summed E-state index contributed by atoms with van der Waals surface area (Å²) in [5, 5.41) is 53.5. The monoisotopic (exact) mass is 979 g/mol. The normalized spacial score (nSPS) is 32.6. The Morgan fingerprint density at radius 3 is 2.25 bits per heavy atom. The summed E-state index contributed by atoms with van der Waals surface area (Å²) in [6.07, 6.45) is 3.99. The van der Waals surface area contributed by atoms with Crippen LogP contribution in [0.3, 0.4) is 0 Å². The van der Waals surface area contributed by atoms with Crippen LogP contribution in [-0.4, -0.2) is 132 Å². The number of piperidine rings is 1. The van der Waals surface area contributed by atoms with Crippen molar-refractivity contribution in [3.05, 3.63) is 58.0 Å². The average molecular weight is 980 g/mol. The summed E-state index contributed by atoms with van der Waals surface area (Å²) >= 11 is 0. The minimum Gasteiger partial charge on any atom is -0.507 e. The minimum absolute atomic E-state index is 0.00415. The molecule has 69 heavy (non-hydrogen) atoms. The molecule has 9 atom stereocenters. The number of anilines is 1. The lowest BCUT2D eigenvalue weighted by molar-refractivity contribution is -0.112. The first-order chi connectivity index (χ1) is 32.4. The Bertz CT molecular complexity index is 2680. The zero-order chi connectivity index (χ0) is 50.5. The predicted octanol–water partition coefficient (Wildman–Crippen LogP) is 4.49. The highest BCUT2D eigenvalue weighted by Gasteiger charge is 2.50. The van der Waals surface area contributed by atoms with E-state index in [1.54, 1.807) is 52.8 Å². The van der Waals surface area contributed by atoms with Crippen LogP contribution in [0.4, 0.5) is 10.5 Å². The molecule has 19 heteroatoms. The van der Waals surface area contributed by atoms with Crippen LogP contribution in [0.25, 0.3) is 10.8 Å². The van der Waals surface area contributed by atoms with Crippen molar-refractivity contribution in [3.8, 4) is 17.2 Å². The first kappa shape index (κ1) is 51.8. The van der Waals surface area contributed by atoms with Crippen molar-refractivity contribution in [2.75, 3.05) is 43.6 Å². The lowest BCUT2D eigenvalue weighted by Gasteiger charge is -2.38. The Hall–Kier alpha value is -5.08. The molecule has 5 bridgehead atoms. The van der Waals surface area contributed by atoms with Crippen molar-refractivity contribution in [1.29, 1.82) is 0 Å². The van der Waals surface area contributed by atoms with Crippen molar-refractivity contribution in [1.82, 2.24) is 10.2 Å². The predicted molar refractivity (Wildman–Crippen MR) is 257 cm³/mol. The molecule has 2 fully saturated rings. The number of phenolic OH excluding ortho intramolecular Hbond substituents is 2. The van der Waals surface area contributed by atoms with E-state index in [0.29, 0.717) is 31.8 Å². The van der Waals surface area contributed by atoms with E-state index in [1.165, 1.54) is 33.3 Å². The van der Waals surface area contributed by atoms with Crippen LogP contribution in [0.2, 0.25) is 0 Å². The Balaban J connectivity index is 1.33. The molecule has 6 aliphatic rings. The number of nitrogens with one attached hydrogen (secondary N) is 2. The molecule has 6 heterocycles. The largest absolute Gasteiger partial charge is 0.507 e. The number of phenols is 2. The van der Waals surface area contributed by atoms with Crippen LogP contribution < -0.4 is 26.1 Å². The highest BCUT2D eigenvalue weighted by atomic mass is 32.2. The zero-order valence-corrected chi connectivity index (χ0v) is 42.1. The van der Waals surface area contributed by atoms with E-state index in [1.807, 2.05) is 0 Å². The smallest absolute Gasteiger partial charge is 0.407 e. The lowest BCUT2D eigenvalue weighted by atomic mass is 9.78. The van der Waals surface area contributed by atoms with Gasteiger partial charge in [-0.15, -0.1) is 0 Å². The third-order valence-electron chi connectivity index (χ3n) is 14.7. The molecular formula is C50H69N5O13S. The molecule has 2 aromatic carbocycles. The summed E-state index contributed by atoms with van der Waals surface area (Å²) in [5.74, 6) is -6.69. The molecule has 6 N–H and O–H groups in total. The second kappa shape index (κ2) is 20.0. The van der Waals surface area contributed by atoms with Crippen LogP contribution in [0.5, 0.6) is 17.2 Å². The SMILES string of the molecule is CO[C@H]1/C=C\O[C@@]2(C)Oc3c(C)c(O)c4c(O)c(c5c(c4c3C2=O)=NC2(CCN(CC(C)C)CC2)N=5)NC(=O)/C(C)=C\C=C/[C@H](C)[C@H](O)[C@@H](C)[C@@H](O)[C@@H](C)[C@H](OC(=O)NC2CCS(=O)(=O)CC2)[C@@H]1C. The highest BCUT2D eigenvalue weighted by Crippen LogP contribution is 2.50. The van der Waals surface area contributed by atoms with E-state index in [9.17, 15) is 43.2 Å². The number of carbonyl (C=O) groups excluding carboxylic acids is 3. The Labute approximate surface area is 403 Å². The van der Waals surface area contributed by atoms with E-state index < -0.39 is 105 Å². The molecular weight excluding hydrogens is 911 g/mol. The quantitative estimate of drug-likeness (QED) is 0.226. The van der Waals surface area contributed by atoms with Gasteiger partial charge >= 0.3 is 11.9 Å². The molecule has 378 valence electrons. The molecule has 1 spiro atoms. The molecule has 8 rings (SSSR count). The van der Waals surface area contributed by atoms with Crippen molar-refractivity contribution in [2.24, 2.45) is 39.6 Å². The van der Waals surface area contributed by atoms with Crippen molar-refractivity contribution in [3.63, 3.8) is 0 Å². The number of nitrogens with zero attached hydrogens (tertiary/aromatic N) is 3. The number of amides is 2. The number of hydrogen-bond acceptors (Lipinski definition) is 16. The second-order valence-corrected chi connectivity index (χ2v) is 22.6. The van der Waals surface area contributed by atoms with E-state index in [-0.39, 0.29) is 74.0 Å². The average Bonchev–Trinajstić information content (AvgIpc) is 3.80. The van der Waals surface area contributed by atoms with Gasteiger partial charge in [-0.2, -0.15) is 0 Å². The van der Waals surface area contributed by atoms with E-state index in [2.05, 4.69) is 29.4 Å². The Morgan fingerprint density at radius 1 is 0.957 bits per heavy atom. The van der Waals surface area contributed by atoms with Crippen LogP contribution in [-0.2, 0) is 28.8 Å². The number of ketones is 1. The number of carbonyl (C=O) groups is 3. The van der Waals surface area contributed by atoms with E-state index in [4.69, 9.17) is 28.9 Å². The van der Waals surface area contributed by atoms with Gasteiger partial charge in [-0.3, -0.25) is 19.6 Å². The molecule has 0 unspecified atom stereocenters. The van der Waals surface area contributed by atoms with Crippen LogP contribution in [0, 0.1) is 36.5 Å². The standard InChI is InChI=1S/C50H69N5O13S/c1-25(2)24-55-19-17-50(18-20-55)53-37-34-35-42(58)31(8)45-36(34)46(60)49(9,68-45)66-21-14-33(65-10)28(5)44(67-48(62)51-32-15-22-69(63,64)23-16-32)30(7)41(57)29(6)40(56)26(3)12-11-13-27(4)47(61)52-39(43(35)59)38(37)54-50/h11-14,21,25-26,28-30,32-33,40-41,44,56-59H,15-20,22-24H2,1-10H3,(H,51,62)(H,52,61)/b12-11-,21-14-,27-13-/t26-,28+,29+,30+,33-,40-,41+,44+,49-/m0/s1. The number of rotatable bonds is 5. The third kappa shape index (κ3) is 10.3. The van der Waals surface area contributed by atoms with Crippen molar-refractivity contribution < 1.29 is 62.2 Å². The molecule has 6 aliphatic heterocycles. The molecule has 0 radical (unpaired) electrons. The number of aromatic hydroxyl groups is 2. The number of aliphatic hydroxyl groups is 2. The number of methoxy groups -OCH3 is 1. The van der Waals surface area contributed by atoms with Gasteiger partial charge < -0.3 is 54.9 Å². The van der Waals surface area contributed by atoms with Crippen LogP contribution >= 0.6 is 0 Å². The number of fused-ring (bicyclic) bond motifs is 13. The fraction of sp³-hybridized carbons (Fsp3) is 0.620. The highest BCUT2D eigenvalue weighted by molar-refractivity contribution is 7.91. The number of sulfone groups is 1. The van der Waals surface area contributed by atoms with Crippen LogP contribution in [0.1, 0.15) is 97.0 Å². The zero-order valence-electron chi connectivity index (χ0n) is 41.2. The van der Waals surface area contributed by atoms with Gasteiger partial charge in [-0.25, -0.2) is 13.2 Å². The molecule has 18 nitrogen and oxygen atoms in total. The molecule has 0 saturated carbocycles. The lowest BCUT2D eigenvalue weighted by Crippen LogP contribution is -2.49. The number of Topliss-reactive ketones (excluding diaryl/α,β-unsaturated/α-hetero) is 1. The van der Waals surface area contributed by atoms with Gasteiger partial charge in [0.2, 0.25) is 0 Å². The van der Waals surface area contributed by atoms with Crippen LogP contribution in [0.15, 0.2) is 46.1 Å². The van der Waals surface area contributed by atoms with Gasteiger partial charge in [-0.1, -0.05) is 59.8 Å². The number of ether oxygens (including phenoxy) is 4. The summed E-state index contributed by atoms with van der Waals surface area (Å²) in [4.78, 5) is 55.1. The maximum Gasteiger partial charge on any atom is 0.407 e. The summed E-state index contributed by atoms with van der Waals surface area (Å²) in [6, 6.07) is -0.449. The molecule has 2 amide bonds. The van der Waals surface area contributed by atoms with Crippen molar-refractivity contribution in [2.45, 2.75) is 130 Å². The molecule has 2 aromatic rings. The topological polar surface area (TPSA) is 255 Å². The fourth-order valence-corrected chi connectivity index (χ4v) is 11.9. The maximum absolute atomic E-state index is 14.9. The van der Waals surface area contributed by atoms with Gasteiger partial charge in [0, 0.05) is 92.7 Å². The summed E-state index contributed by atoms with van der Waals surface area (Å²) in [7, 11) is -1.77. The van der Waals surface area contributed by atoms with Gasteiger partial charge in [0.15, 0.2) is 11.4 Å². The van der Waals surface area contributed by atoms with E-state index >= 15 is 0 Å². The number of aliphatic hydroxyl groups excluding tert-OH is 2. The third-order valence-corrected chi connectivity index (χ3v) is 16.4. The van der Waals surface area contributed by atoms with E-state index in [0.717, 1.165) is 6.54 Å². The summed E-state index contributed by atoms with van der Waals surface area (Å²) in [6.45, 7) is 18.0. The Morgan fingerprint density at radius 2 is 1.61 bits per heavy atom. The fourth-order valence-electron chi connectivity index (χ4n) is 10.4. The summed E-state index contributed by atoms with van der Waals surface area (Å²) in [5.41, 5.74) is -0.714.